The highest BCUT2D eigenvalue weighted by molar-refractivity contribution is 5.82. The van der Waals surface area contributed by atoms with Crippen molar-refractivity contribution < 1.29 is 23.1 Å². The molecule has 0 radical (unpaired) electrons. The SMILES string of the molecule is CC1(C)C(C=CC#N)C1(Cc1c(F)ccc(F)c1F)C(=O)O. The van der Waals surface area contributed by atoms with Gasteiger partial charge in [0, 0.05) is 17.6 Å². The van der Waals surface area contributed by atoms with Crippen molar-refractivity contribution in [3.63, 3.8) is 0 Å². The van der Waals surface area contributed by atoms with Gasteiger partial charge in [0.15, 0.2) is 11.6 Å². The molecule has 2 rings (SSSR count). The van der Waals surface area contributed by atoms with Crippen molar-refractivity contribution in [1.29, 1.82) is 5.26 Å². The number of carboxylic acids is 1. The Hall–Kier alpha value is -2.29. The first-order chi connectivity index (χ1) is 10.2. The lowest BCUT2D eigenvalue weighted by atomic mass is 9.88. The average molecular weight is 309 g/mol. The van der Waals surface area contributed by atoms with Gasteiger partial charge >= 0.3 is 5.97 Å². The number of halogens is 3. The summed E-state index contributed by atoms with van der Waals surface area (Å²) >= 11 is 0. The minimum Gasteiger partial charge on any atom is -0.481 e. The normalized spacial score (nSPS) is 25.9. The molecule has 0 aliphatic heterocycles. The number of carboxylic acid groups (broad SMARTS) is 1. The van der Waals surface area contributed by atoms with E-state index in [1.807, 2.05) is 0 Å². The van der Waals surface area contributed by atoms with Gasteiger partial charge in [0.25, 0.3) is 0 Å². The van der Waals surface area contributed by atoms with Gasteiger partial charge in [-0.1, -0.05) is 19.9 Å². The molecule has 1 fully saturated rings. The number of hydrogen-bond acceptors (Lipinski definition) is 2. The lowest BCUT2D eigenvalue weighted by molar-refractivity contribution is -0.145. The molecule has 22 heavy (non-hydrogen) atoms. The third-order valence-electron chi connectivity index (χ3n) is 4.71. The molecule has 1 aliphatic rings. The maximum Gasteiger partial charge on any atom is 0.311 e. The van der Waals surface area contributed by atoms with Crippen LogP contribution in [0.15, 0.2) is 24.3 Å². The molecule has 0 aromatic heterocycles. The summed E-state index contributed by atoms with van der Waals surface area (Å²) in [6.07, 6.45) is 2.09. The highest BCUT2D eigenvalue weighted by Crippen LogP contribution is 2.71. The monoisotopic (exact) mass is 309 g/mol. The van der Waals surface area contributed by atoms with Crippen molar-refractivity contribution in [2.75, 3.05) is 0 Å². The van der Waals surface area contributed by atoms with Crippen LogP contribution in [0.25, 0.3) is 0 Å². The third kappa shape index (κ3) is 2.08. The number of benzene rings is 1. The molecule has 0 amide bonds. The van der Waals surface area contributed by atoms with Gasteiger partial charge < -0.3 is 5.11 Å². The Morgan fingerprint density at radius 2 is 1.95 bits per heavy atom. The predicted molar refractivity (Wildman–Crippen MR) is 72.1 cm³/mol. The van der Waals surface area contributed by atoms with Crippen molar-refractivity contribution in [3.05, 3.63) is 47.3 Å². The zero-order valence-electron chi connectivity index (χ0n) is 12.0. The minimum atomic E-state index is -1.48. The summed E-state index contributed by atoms with van der Waals surface area (Å²) in [6, 6.07) is 3.20. The van der Waals surface area contributed by atoms with Crippen molar-refractivity contribution in [3.8, 4) is 6.07 Å². The molecule has 3 nitrogen and oxygen atoms in total. The number of carbonyl (C=O) groups is 1. The maximum atomic E-state index is 13.8. The second-order valence-corrected chi connectivity index (χ2v) is 5.96. The van der Waals surface area contributed by atoms with E-state index in [9.17, 15) is 23.1 Å². The molecule has 116 valence electrons. The second-order valence-electron chi connectivity index (χ2n) is 5.96. The largest absolute Gasteiger partial charge is 0.481 e. The Labute approximate surface area is 125 Å². The van der Waals surface area contributed by atoms with Crippen molar-refractivity contribution in [2.45, 2.75) is 20.3 Å². The summed E-state index contributed by atoms with van der Waals surface area (Å²) < 4.78 is 41.0. The van der Waals surface area contributed by atoms with Gasteiger partial charge in [-0.05, 0) is 24.0 Å². The van der Waals surface area contributed by atoms with Gasteiger partial charge in [-0.15, -0.1) is 0 Å². The first-order valence-electron chi connectivity index (χ1n) is 6.62. The van der Waals surface area contributed by atoms with E-state index in [-0.39, 0.29) is 0 Å². The van der Waals surface area contributed by atoms with Crippen LogP contribution in [0.4, 0.5) is 13.2 Å². The third-order valence-corrected chi connectivity index (χ3v) is 4.71. The lowest BCUT2D eigenvalue weighted by Gasteiger charge is -2.16. The van der Waals surface area contributed by atoms with E-state index >= 15 is 0 Å². The molecule has 2 unspecified atom stereocenters. The quantitative estimate of drug-likeness (QED) is 0.684. The maximum absolute atomic E-state index is 13.8. The highest BCUT2D eigenvalue weighted by Gasteiger charge is 2.74. The van der Waals surface area contributed by atoms with E-state index in [0.717, 1.165) is 12.1 Å². The van der Waals surface area contributed by atoms with Crippen LogP contribution in [0.1, 0.15) is 19.4 Å². The van der Waals surface area contributed by atoms with Crippen LogP contribution in [0.3, 0.4) is 0 Å². The van der Waals surface area contributed by atoms with E-state index in [4.69, 9.17) is 5.26 Å². The number of allylic oxidation sites excluding steroid dienone is 2. The standard InChI is InChI=1S/C16H14F3NO2/c1-15(2)12(4-3-7-20)16(15,14(21)22)8-9-10(17)5-6-11(18)13(9)19/h3-6,12H,8H2,1-2H3,(H,21,22). The number of hydrogen-bond donors (Lipinski definition) is 1. The molecule has 0 spiro atoms. The fraction of sp³-hybridized carbons (Fsp3) is 0.375. The molecule has 1 saturated carbocycles. The van der Waals surface area contributed by atoms with Crippen LogP contribution >= 0.6 is 0 Å². The molecule has 1 aliphatic carbocycles. The van der Waals surface area contributed by atoms with Gasteiger partial charge in [0.05, 0.1) is 11.5 Å². The molecular formula is C16H14F3NO2. The summed E-state index contributed by atoms with van der Waals surface area (Å²) in [5.41, 5.74) is -2.86. The molecule has 2 atom stereocenters. The number of aliphatic carboxylic acids is 1. The molecule has 6 heteroatoms. The van der Waals surface area contributed by atoms with Gasteiger partial charge in [-0.3, -0.25) is 4.79 Å². The molecule has 1 aromatic carbocycles. The van der Waals surface area contributed by atoms with Crippen molar-refractivity contribution >= 4 is 5.97 Å². The Kier molecular flexibility index (Phi) is 3.78. The Bertz CT molecular complexity index is 706. The van der Waals surface area contributed by atoms with Crippen LogP contribution in [-0.4, -0.2) is 11.1 Å². The lowest BCUT2D eigenvalue weighted by Crippen LogP contribution is -2.25. The van der Waals surface area contributed by atoms with E-state index in [2.05, 4.69) is 0 Å². The zero-order valence-corrected chi connectivity index (χ0v) is 12.0. The summed E-state index contributed by atoms with van der Waals surface area (Å²) in [4.78, 5) is 11.7. The van der Waals surface area contributed by atoms with Crippen LogP contribution in [0, 0.1) is 45.5 Å². The van der Waals surface area contributed by atoms with E-state index < -0.39 is 52.2 Å². The van der Waals surface area contributed by atoms with E-state index in [1.54, 1.807) is 19.9 Å². The fourth-order valence-corrected chi connectivity index (χ4v) is 3.27. The summed E-state index contributed by atoms with van der Waals surface area (Å²) in [5.74, 6) is -5.37. The summed E-state index contributed by atoms with van der Waals surface area (Å²) in [6.45, 7) is 3.28. The van der Waals surface area contributed by atoms with Gasteiger partial charge in [-0.25, -0.2) is 13.2 Å². The van der Waals surface area contributed by atoms with Gasteiger partial charge in [-0.2, -0.15) is 5.26 Å². The highest BCUT2D eigenvalue weighted by atomic mass is 19.2. The average Bonchev–Trinajstić information content (AvgIpc) is 2.93. The summed E-state index contributed by atoms with van der Waals surface area (Å²) in [7, 11) is 0. The van der Waals surface area contributed by atoms with Gasteiger partial charge in [0.2, 0.25) is 0 Å². The Morgan fingerprint density at radius 3 is 2.50 bits per heavy atom. The van der Waals surface area contributed by atoms with Crippen LogP contribution < -0.4 is 0 Å². The zero-order chi connectivity index (χ0) is 16.7. The molecule has 1 aromatic rings. The number of nitrogens with zero attached hydrogens (tertiary/aromatic N) is 1. The molecular weight excluding hydrogens is 295 g/mol. The van der Waals surface area contributed by atoms with Crippen molar-refractivity contribution in [2.24, 2.45) is 16.7 Å². The Morgan fingerprint density at radius 1 is 1.36 bits per heavy atom. The topological polar surface area (TPSA) is 61.1 Å². The second kappa shape index (κ2) is 5.16. The molecule has 0 heterocycles. The number of nitriles is 1. The van der Waals surface area contributed by atoms with Crippen LogP contribution in [0.2, 0.25) is 0 Å². The summed E-state index contributed by atoms with van der Waals surface area (Å²) in [5, 5.41) is 18.1. The first-order valence-corrected chi connectivity index (χ1v) is 6.62. The van der Waals surface area contributed by atoms with Crippen molar-refractivity contribution in [1.82, 2.24) is 0 Å². The minimum absolute atomic E-state index is 0.481. The van der Waals surface area contributed by atoms with Crippen LogP contribution in [-0.2, 0) is 11.2 Å². The first kappa shape index (κ1) is 16.1. The van der Waals surface area contributed by atoms with E-state index in [1.165, 1.54) is 6.08 Å². The van der Waals surface area contributed by atoms with Crippen LogP contribution in [0.5, 0.6) is 0 Å². The molecule has 1 N–H and O–H groups in total. The number of rotatable bonds is 4. The van der Waals surface area contributed by atoms with E-state index in [0.29, 0.717) is 6.07 Å². The smallest absolute Gasteiger partial charge is 0.311 e. The fourth-order valence-electron chi connectivity index (χ4n) is 3.27. The molecule has 0 bridgehead atoms. The van der Waals surface area contributed by atoms with Gasteiger partial charge in [0.1, 0.15) is 5.82 Å². The Balaban J connectivity index is 2.50. The predicted octanol–water partition coefficient (Wildman–Crippen LogP) is 3.45. The molecule has 0 saturated heterocycles.